The molecule has 0 heterocycles. The molecule has 0 rings (SSSR count). The fourth-order valence-corrected chi connectivity index (χ4v) is 1.54. The Labute approximate surface area is 77.2 Å². The monoisotopic (exact) mass is 190 g/mol. The predicted octanol–water partition coefficient (Wildman–Crippen LogP) is 1.76. The van der Waals surface area contributed by atoms with E-state index < -0.39 is 10.8 Å². The van der Waals surface area contributed by atoms with Crippen LogP contribution in [-0.4, -0.2) is 20.5 Å². The van der Waals surface area contributed by atoms with E-state index in [4.69, 9.17) is 0 Å². The highest BCUT2D eigenvalue weighted by Gasteiger charge is 2.22. The zero-order chi connectivity index (χ0) is 9.94. The van der Waals surface area contributed by atoms with Gasteiger partial charge in [-0.25, -0.2) is 0 Å². The molecule has 0 spiro atoms. The molecule has 0 aromatic rings. The second kappa shape index (κ2) is 4.17. The standard InChI is InChI=1S/C9H18O2S/c1-7(2)8(10)6-12(11)9(3,4)5/h7H,6H2,1-5H3. The first kappa shape index (κ1) is 11.8. The molecule has 0 aliphatic heterocycles. The lowest BCUT2D eigenvalue weighted by atomic mass is 10.1. The van der Waals surface area contributed by atoms with Crippen molar-refractivity contribution < 1.29 is 9.00 Å². The van der Waals surface area contributed by atoms with Gasteiger partial charge in [0.15, 0.2) is 0 Å². The Morgan fingerprint density at radius 1 is 1.33 bits per heavy atom. The van der Waals surface area contributed by atoms with Gasteiger partial charge in [-0.3, -0.25) is 9.00 Å². The molecule has 3 heteroatoms. The SMILES string of the molecule is CC(C)C(=O)CS(=O)C(C)(C)C. The van der Waals surface area contributed by atoms with Gasteiger partial charge in [-0.15, -0.1) is 0 Å². The van der Waals surface area contributed by atoms with Crippen molar-refractivity contribution in [2.75, 3.05) is 5.75 Å². The molecule has 0 aromatic heterocycles. The molecule has 1 unspecified atom stereocenters. The van der Waals surface area contributed by atoms with Gasteiger partial charge in [-0.1, -0.05) is 13.8 Å². The summed E-state index contributed by atoms with van der Waals surface area (Å²) in [4.78, 5) is 11.2. The van der Waals surface area contributed by atoms with Crippen molar-refractivity contribution >= 4 is 16.6 Å². The van der Waals surface area contributed by atoms with Gasteiger partial charge < -0.3 is 0 Å². The number of hydrogen-bond donors (Lipinski definition) is 0. The maximum absolute atomic E-state index is 11.5. The van der Waals surface area contributed by atoms with Gasteiger partial charge in [0.25, 0.3) is 0 Å². The molecule has 0 saturated heterocycles. The Bertz CT molecular complexity index is 189. The van der Waals surface area contributed by atoms with E-state index in [1.54, 1.807) is 0 Å². The van der Waals surface area contributed by atoms with Crippen LogP contribution in [0.2, 0.25) is 0 Å². The normalized spacial score (nSPS) is 14.8. The number of rotatable bonds is 3. The third kappa shape index (κ3) is 4.00. The van der Waals surface area contributed by atoms with Crippen LogP contribution in [0.25, 0.3) is 0 Å². The van der Waals surface area contributed by atoms with E-state index in [-0.39, 0.29) is 22.2 Å². The van der Waals surface area contributed by atoms with Crippen LogP contribution in [0, 0.1) is 5.92 Å². The summed E-state index contributed by atoms with van der Waals surface area (Å²) in [6.07, 6.45) is 0. The van der Waals surface area contributed by atoms with Gasteiger partial charge in [0.1, 0.15) is 5.78 Å². The van der Waals surface area contributed by atoms with E-state index in [1.165, 1.54) is 0 Å². The van der Waals surface area contributed by atoms with Gasteiger partial charge in [-0.05, 0) is 20.8 Å². The molecule has 0 aliphatic carbocycles. The van der Waals surface area contributed by atoms with E-state index in [0.29, 0.717) is 0 Å². The lowest BCUT2D eigenvalue weighted by Crippen LogP contribution is -2.29. The number of Topliss-reactive ketones (excluding diaryl/α,β-unsaturated/α-hetero) is 1. The van der Waals surface area contributed by atoms with Crippen molar-refractivity contribution in [2.45, 2.75) is 39.4 Å². The van der Waals surface area contributed by atoms with E-state index in [2.05, 4.69) is 0 Å². The molecule has 0 fully saturated rings. The summed E-state index contributed by atoms with van der Waals surface area (Å²) >= 11 is 0. The fraction of sp³-hybridized carbons (Fsp3) is 0.889. The highest BCUT2D eigenvalue weighted by atomic mass is 32.2. The first-order valence-electron chi connectivity index (χ1n) is 4.16. The minimum Gasteiger partial charge on any atom is -0.298 e. The second-order valence-corrected chi connectivity index (χ2v) is 6.43. The smallest absolute Gasteiger partial charge is 0.147 e. The van der Waals surface area contributed by atoms with Crippen LogP contribution < -0.4 is 0 Å². The minimum absolute atomic E-state index is 0.00343. The first-order chi connectivity index (χ1) is 5.25. The van der Waals surface area contributed by atoms with Gasteiger partial charge >= 0.3 is 0 Å². The van der Waals surface area contributed by atoms with Crippen LogP contribution in [-0.2, 0) is 15.6 Å². The van der Waals surface area contributed by atoms with Crippen LogP contribution in [0.4, 0.5) is 0 Å². The zero-order valence-electron chi connectivity index (χ0n) is 8.51. The molecular weight excluding hydrogens is 172 g/mol. The number of hydrogen-bond acceptors (Lipinski definition) is 2. The Kier molecular flexibility index (Phi) is 4.11. The molecule has 1 atom stereocenters. The average Bonchev–Trinajstić information content (AvgIpc) is 1.85. The van der Waals surface area contributed by atoms with Crippen LogP contribution in [0.1, 0.15) is 34.6 Å². The second-order valence-electron chi connectivity index (χ2n) is 4.22. The van der Waals surface area contributed by atoms with E-state index in [0.717, 1.165) is 0 Å². The number of carbonyl (C=O) groups is 1. The van der Waals surface area contributed by atoms with Crippen molar-refractivity contribution in [3.63, 3.8) is 0 Å². The molecule has 0 N–H and O–H groups in total. The molecule has 0 amide bonds. The average molecular weight is 190 g/mol. The first-order valence-corrected chi connectivity index (χ1v) is 5.48. The van der Waals surface area contributed by atoms with E-state index in [9.17, 15) is 9.00 Å². The summed E-state index contributed by atoms with van der Waals surface area (Å²) in [5, 5.41) is 0. The molecule has 0 radical (unpaired) electrons. The lowest BCUT2D eigenvalue weighted by molar-refractivity contribution is -0.119. The Morgan fingerprint density at radius 3 is 2.00 bits per heavy atom. The van der Waals surface area contributed by atoms with Crippen LogP contribution in [0.3, 0.4) is 0 Å². The number of carbonyl (C=O) groups excluding carboxylic acids is 1. The molecule has 0 saturated carbocycles. The Morgan fingerprint density at radius 2 is 1.75 bits per heavy atom. The van der Waals surface area contributed by atoms with Crippen LogP contribution in [0.5, 0.6) is 0 Å². The van der Waals surface area contributed by atoms with Crippen molar-refractivity contribution in [2.24, 2.45) is 5.92 Å². The van der Waals surface area contributed by atoms with Crippen LogP contribution in [0.15, 0.2) is 0 Å². The molecular formula is C9H18O2S. The lowest BCUT2D eigenvalue weighted by Gasteiger charge is -2.17. The van der Waals surface area contributed by atoms with Gasteiger partial charge in [0, 0.05) is 21.5 Å². The van der Waals surface area contributed by atoms with Gasteiger partial charge in [0.05, 0.1) is 5.75 Å². The Hall–Kier alpha value is -0.180. The van der Waals surface area contributed by atoms with Crippen molar-refractivity contribution in [3.05, 3.63) is 0 Å². The van der Waals surface area contributed by atoms with Crippen molar-refractivity contribution in [1.29, 1.82) is 0 Å². The highest BCUT2D eigenvalue weighted by molar-refractivity contribution is 7.87. The molecule has 12 heavy (non-hydrogen) atoms. The summed E-state index contributed by atoms with van der Waals surface area (Å²) in [6, 6.07) is 0. The maximum Gasteiger partial charge on any atom is 0.147 e. The summed E-state index contributed by atoms with van der Waals surface area (Å²) in [5.74, 6) is 0.279. The molecule has 72 valence electrons. The summed E-state index contributed by atoms with van der Waals surface area (Å²) in [5.41, 5.74) is 0. The van der Waals surface area contributed by atoms with E-state index in [1.807, 2.05) is 34.6 Å². The quantitative estimate of drug-likeness (QED) is 0.679. The van der Waals surface area contributed by atoms with E-state index >= 15 is 0 Å². The molecule has 0 aromatic carbocycles. The molecule has 0 aliphatic rings. The highest BCUT2D eigenvalue weighted by Crippen LogP contribution is 2.12. The third-order valence-electron chi connectivity index (χ3n) is 1.60. The minimum atomic E-state index is -1.04. The molecule has 2 nitrogen and oxygen atoms in total. The predicted molar refractivity (Wildman–Crippen MR) is 52.6 cm³/mol. The van der Waals surface area contributed by atoms with Gasteiger partial charge in [-0.2, -0.15) is 0 Å². The fourth-order valence-electron chi connectivity index (χ4n) is 0.512. The Balaban J connectivity index is 4.12. The van der Waals surface area contributed by atoms with Crippen molar-refractivity contribution in [3.8, 4) is 0 Å². The summed E-state index contributed by atoms with van der Waals surface area (Å²) in [7, 11) is -1.04. The third-order valence-corrected chi connectivity index (χ3v) is 3.51. The number of ketones is 1. The summed E-state index contributed by atoms with van der Waals surface area (Å²) < 4.78 is 11.2. The maximum atomic E-state index is 11.5. The van der Waals surface area contributed by atoms with Crippen molar-refractivity contribution in [1.82, 2.24) is 0 Å². The molecule has 0 bridgehead atoms. The topological polar surface area (TPSA) is 34.1 Å². The zero-order valence-corrected chi connectivity index (χ0v) is 9.33. The van der Waals surface area contributed by atoms with Crippen LogP contribution >= 0.6 is 0 Å². The largest absolute Gasteiger partial charge is 0.298 e. The van der Waals surface area contributed by atoms with Gasteiger partial charge in [0.2, 0.25) is 0 Å². The summed E-state index contributed by atoms with van der Waals surface area (Å²) in [6.45, 7) is 9.33.